The Morgan fingerprint density at radius 1 is 1.33 bits per heavy atom. The van der Waals surface area contributed by atoms with Gasteiger partial charge >= 0.3 is 0 Å². The molecule has 1 atom stereocenters. The molecule has 0 bridgehead atoms. The second kappa shape index (κ2) is 6.85. The molecular weight excluding hydrogens is 264 g/mol. The van der Waals surface area contributed by atoms with Gasteiger partial charge in [-0.25, -0.2) is 4.98 Å². The highest BCUT2D eigenvalue weighted by molar-refractivity contribution is 5.34. The Kier molecular flexibility index (Phi) is 4.65. The number of nitrogens with zero attached hydrogens (tertiary/aromatic N) is 3. The van der Waals surface area contributed by atoms with Gasteiger partial charge in [0.1, 0.15) is 0 Å². The number of morpholine rings is 1. The summed E-state index contributed by atoms with van der Waals surface area (Å²) in [5.74, 6) is 0. The van der Waals surface area contributed by atoms with E-state index in [0.29, 0.717) is 6.10 Å². The van der Waals surface area contributed by atoms with E-state index >= 15 is 0 Å². The number of aromatic nitrogens is 2. The van der Waals surface area contributed by atoms with Crippen molar-refractivity contribution >= 4 is 0 Å². The van der Waals surface area contributed by atoms with Crippen LogP contribution in [0.1, 0.15) is 5.56 Å². The molecule has 1 aromatic heterocycles. The van der Waals surface area contributed by atoms with Gasteiger partial charge in [0.05, 0.1) is 19.0 Å². The number of likely N-dealkylation sites (N-methyl/N-ethyl adjacent to an activating group) is 1. The van der Waals surface area contributed by atoms with Crippen LogP contribution >= 0.6 is 0 Å². The van der Waals surface area contributed by atoms with Crippen molar-refractivity contribution in [3.63, 3.8) is 0 Å². The highest BCUT2D eigenvalue weighted by atomic mass is 16.5. The average Bonchev–Trinajstić information content (AvgIpc) is 3.03. The summed E-state index contributed by atoms with van der Waals surface area (Å²) in [7, 11) is 1.97. The summed E-state index contributed by atoms with van der Waals surface area (Å²) in [6.45, 7) is 4.71. The van der Waals surface area contributed by atoms with E-state index in [0.717, 1.165) is 38.5 Å². The summed E-state index contributed by atoms with van der Waals surface area (Å²) >= 11 is 0. The quantitative estimate of drug-likeness (QED) is 0.899. The molecule has 1 unspecified atom stereocenters. The molecule has 21 heavy (non-hydrogen) atoms. The molecule has 1 aliphatic heterocycles. The van der Waals surface area contributed by atoms with Crippen molar-refractivity contribution < 1.29 is 4.74 Å². The number of imidazole rings is 1. The number of nitrogens with one attached hydrogen (secondary N) is 1. The smallest absolute Gasteiger partial charge is 0.0991 e. The van der Waals surface area contributed by atoms with Crippen molar-refractivity contribution in [1.82, 2.24) is 19.8 Å². The van der Waals surface area contributed by atoms with Crippen molar-refractivity contribution in [2.45, 2.75) is 12.6 Å². The molecule has 5 heteroatoms. The van der Waals surface area contributed by atoms with E-state index in [2.05, 4.69) is 39.5 Å². The average molecular weight is 286 g/mol. The normalized spacial score (nSPS) is 19.8. The van der Waals surface area contributed by atoms with Crippen molar-refractivity contribution in [3.05, 3.63) is 48.5 Å². The molecular formula is C16H22N4O. The molecule has 1 saturated heterocycles. The van der Waals surface area contributed by atoms with Gasteiger partial charge in [-0.1, -0.05) is 12.1 Å². The zero-order chi connectivity index (χ0) is 14.5. The fourth-order valence-corrected chi connectivity index (χ4v) is 2.72. The van der Waals surface area contributed by atoms with E-state index < -0.39 is 0 Å². The van der Waals surface area contributed by atoms with Gasteiger partial charge in [0.2, 0.25) is 0 Å². The van der Waals surface area contributed by atoms with E-state index in [9.17, 15) is 0 Å². The summed E-state index contributed by atoms with van der Waals surface area (Å²) in [6.07, 6.45) is 5.87. The lowest BCUT2D eigenvalue weighted by Crippen LogP contribution is -2.45. The Labute approximate surface area is 125 Å². The highest BCUT2D eigenvalue weighted by Gasteiger charge is 2.19. The first kappa shape index (κ1) is 14.3. The minimum absolute atomic E-state index is 0.300. The Hall–Kier alpha value is -1.69. The van der Waals surface area contributed by atoms with Gasteiger partial charge in [0.25, 0.3) is 0 Å². The summed E-state index contributed by atoms with van der Waals surface area (Å²) in [5, 5.41) is 3.18. The fraction of sp³-hybridized carbons (Fsp3) is 0.438. The summed E-state index contributed by atoms with van der Waals surface area (Å²) in [6, 6.07) is 8.67. The van der Waals surface area contributed by atoms with Gasteiger partial charge < -0.3 is 14.6 Å². The van der Waals surface area contributed by atoms with Gasteiger partial charge in [-0.05, 0) is 24.7 Å². The number of hydrogen-bond donors (Lipinski definition) is 1. The molecule has 1 aromatic carbocycles. The minimum atomic E-state index is 0.300. The zero-order valence-corrected chi connectivity index (χ0v) is 12.4. The van der Waals surface area contributed by atoms with Crippen LogP contribution in [-0.4, -0.2) is 53.8 Å². The van der Waals surface area contributed by atoms with Gasteiger partial charge in [0.15, 0.2) is 0 Å². The molecule has 2 heterocycles. The maximum absolute atomic E-state index is 5.74. The van der Waals surface area contributed by atoms with Gasteiger partial charge in [-0.15, -0.1) is 0 Å². The van der Waals surface area contributed by atoms with Crippen LogP contribution < -0.4 is 5.32 Å². The lowest BCUT2D eigenvalue weighted by Gasteiger charge is -2.32. The predicted molar refractivity (Wildman–Crippen MR) is 82.5 cm³/mol. The van der Waals surface area contributed by atoms with Crippen molar-refractivity contribution in [2.24, 2.45) is 0 Å². The van der Waals surface area contributed by atoms with Crippen LogP contribution in [0.4, 0.5) is 0 Å². The highest BCUT2D eigenvalue weighted by Crippen LogP contribution is 2.13. The third kappa shape index (κ3) is 3.69. The Morgan fingerprint density at radius 2 is 2.19 bits per heavy atom. The van der Waals surface area contributed by atoms with E-state index in [-0.39, 0.29) is 0 Å². The van der Waals surface area contributed by atoms with E-state index in [1.54, 1.807) is 6.20 Å². The maximum atomic E-state index is 5.74. The monoisotopic (exact) mass is 286 g/mol. The predicted octanol–water partition coefficient (Wildman–Crippen LogP) is 1.29. The molecule has 3 rings (SSSR count). The molecule has 0 saturated carbocycles. The molecule has 0 radical (unpaired) electrons. The van der Waals surface area contributed by atoms with Gasteiger partial charge in [0, 0.05) is 44.3 Å². The molecule has 0 amide bonds. The van der Waals surface area contributed by atoms with Crippen LogP contribution in [0.3, 0.4) is 0 Å². The third-order valence-electron chi connectivity index (χ3n) is 3.80. The lowest BCUT2D eigenvalue weighted by atomic mass is 10.1. The van der Waals surface area contributed by atoms with Crippen LogP contribution in [0.2, 0.25) is 0 Å². The third-order valence-corrected chi connectivity index (χ3v) is 3.80. The van der Waals surface area contributed by atoms with Crippen molar-refractivity contribution in [2.75, 3.05) is 33.3 Å². The number of ether oxygens (including phenoxy) is 1. The number of benzene rings is 1. The van der Waals surface area contributed by atoms with E-state index in [1.807, 2.05) is 24.1 Å². The van der Waals surface area contributed by atoms with E-state index in [1.165, 1.54) is 5.56 Å². The molecule has 5 nitrogen and oxygen atoms in total. The number of hydrogen-bond acceptors (Lipinski definition) is 4. The Morgan fingerprint density at radius 3 is 2.90 bits per heavy atom. The molecule has 1 N–H and O–H groups in total. The molecule has 112 valence electrons. The fourth-order valence-electron chi connectivity index (χ4n) is 2.72. The SMILES string of the molecule is CNCC1CN(Cc2ccc(-n3ccnc3)cc2)CCO1. The van der Waals surface area contributed by atoms with Crippen LogP contribution in [0.25, 0.3) is 5.69 Å². The molecule has 1 fully saturated rings. The van der Waals surface area contributed by atoms with Crippen molar-refractivity contribution in [3.8, 4) is 5.69 Å². The van der Waals surface area contributed by atoms with Crippen molar-refractivity contribution in [1.29, 1.82) is 0 Å². The molecule has 0 spiro atoms. The molecule has 1 aliphatic rings. The van der Waals surface area contributed by atoms with Crippen LogP contribution in [0.5, 0.6) is 0 Å². The second-order valence-electron chi connectivity index (χ2n) is 5.42. The Balaban J connectivity index is 1.60. The first-order valence-corrected chi connectivity index (χ1v) is 7.41. The standard InChI is InChI=1S/C16H22N4O/c1-17-10-16-12-19(8-9-21-16)11-14-2-4-15(5-3-14)20-7-6-18-13-20/h2-7,13,16-17H,8-12H2,1H3. The van der Waals surface area contributed by atoms with Crippen LogP contribution in [0.15, 0.2) is 43.0 Å². The topological polar surface area (TPSA) is 42.3 Å². The second-order valence-corrected chi connectivity index (χ2v) is 5.42. The molecule has 2 aromatic rings. The zero-order valence-electron chi connectivity index (χ0n) is 12.4. The molecule has 0 aliphatic carbocycles. The van der Waals surface area contributed by atoms with E-state index in [4.69, 9.17) is 4.74 Å². The van der Waals surface area contributed by atoms with Crippen LogP contribution in [-0.2, 0) is 11.3 Å². The largest absolute Gasteiger partial charge is 0.374 e. The lowest BCUT2D eigenvalue weighted by molar-refractivity contribution is -0.0291. The van der Waals surface area contributed by atoms with Gasteiger partial charge in [-0.2, -0.15) is 0 Å². The summed E-state index contributed by atoms with van der Waals surface area (Å²) in [4.78, 5) is 6.53. The first-order chi connectivity index (χ1) is 10.3. The van der Waals surface area contributed by atoms with Gasteiger partial charge in [-0.3, -0.25) is 4.90 Å². The minimum Gasteiger partial charge on any atom is -0.374 e. The summed E-state index contributed by atoms with van der Waals surface area (Å²) < 4.78 is 7.76. The first-order valence-electron chi connectivity index (χ1n) is 7.41. The Bertz CT molecular complexity index is 536. The van der Waals surface area contributed by atoms with Crippen LogP contribution in [0, 0.1) is 0 Å². The number of rotatable bonds is 5. The summed E-state index contributed by atoms with van der Waals surface area (Å²) in [5.41, 5.74) is 2.48. The maximum Gasteiger partial charge on any atom is 0.0991 e.